The number of hydrogen-bond acceptors (Lipinski definition) is 4. The van der Waals surface area contributed by atoms with Crippen molar-refractivity contribution in [2.75, 3.05) is 7.11 Å². The molecule has 104 valence electrons. The first-order chi connectivity index (χ1) is 9.79. The smallest absolute Gasteiger partial charge is 0.256 e. The summed E-state index contributed by atoms with van der Waals surface area (Å²) in [6.45, 7) is 0.354. The second kappa shape index (κ2) is 7.37. The second-order valence-corrected chi connectivity index (χ2v) is 4.08. The van der Waals surface area contributed by atoms with Gasteiger partial charge in [-0.05, 0) is 17.7 Å². The Labute approximate surface area is 117 Å². The molecule has 1 N–H and O–H groups in total. The van der Waals surface area contributed by atoms with Crippen molar-refractivity contribution in [1.29, 1.82) is 0 Å². The molecule has 20 heavy (non-hydrogen) atoms. The van der Waals surface area contributed by atoms with Crippen molar-refractivity contribution in [2.24, 2.45) is 0 Å². The molecule has 0 radical (unpaired) electrons. The maximum atomic E-state index is 11.9. The zero-order valence-electron chi connectivity index (χ0n) is 11.2. The molecule has 0 fully saturated rings. The van der Waals surface area contributed by atoms with Gasteiger partial charge in [0.2, 0.25) is 6.41 Å². The predicted molar refractivity (Wildman–Crippen MR) is 73.7 cm³/mol. The summed E-state index contributed by atoms with van der Waals surface area (Å²) in [6.07, 6.45) is 2.29. The first-order valence-electron chi connectivity index (χ1n) is 6.19. The minimum absolute atomic E-state index is 0.294. The fourth-order valence-corrected chi connectivity index (χ4v) is 1.60. The van der Waals surface area contributed by atoms with Crippen LogP contribution >= 0.6 is 0 Å². The summed E-state index contributed by atoms with van der Waals surface area (Å²) in [5, 5.41) is 2.63. The van der Waals surface area contributed by atoms with Crippen molar-refractivity contribution < 1.29 is 14.3 Å². The van der Waals surface area contributed by atoms with Gasteiger partial charge in [-0.2, -0.15) is 0 Å². The van der Waals surface area contributed by atoms with E-state index < -0.39 is 6.41 Å². The highest BCUT2D eigenvalue weighted by molar-refractivity contribution is 5.93. The molecule has 0 aliphatic carbocycles. The molecular formula is C15H16N2O3. The molecule has 0 bridgehead atoms. The maximum Gasteiger partial charge on any atom is 0.256 e. The summed E-state index contributed by atoms with van der Waals surface area (Å²) in [5.41, 5.74) is 1.46. The van der Waals surface area contributed by atoms with Gasteiger partial charge in [0, 0.05) is 19.5 Å². The van der Waals surface area contributed by atoms with E-state index in [1.807, 2.05) is 30.3 Å². The molecule has 2 rings (SSSR count). The van der Waals surface area contributed by atoms with Crippen LogP contribution in [0.1, 0.15) is 15.9 Å². The maximum absolute atomic E-state index is 11.9. The van der Waals surface area contributed by atoms with Gasteiger partial charge in [0.05, 0.1) is 12.2 Å². The molecule has 2 aromatic rings. The third-order valence-corrected chi connectivity index (χ3v) is 2.63. The third-order valence-electron chi connectivity index (χ3n) is 2.63. The highest BCUT2D eigenvalue weighted by Crippen LogP contribution is 2.04. The van der Waals surface area contributed by atoms with E-state index in [-0.39, 0.29) is 5.91 Å². The Bertz CT molecular complexity index is 531. The third kappa shape index (κ3) is 4.15. The van der Waals surface area contributed by atoms with Crippen LogP contribution in [-0.4, -0.2) is 24.4 Å². The van der Waals surface area contributed by atoms with Gasteiger partial charge in [0.1, 0.15) is 0 Å². The Morgan fingerprint density at radius 2 is 2.05 bits per heavy atom. The van der Waals surface area contributed by atoms with Crippen LogP contribution in [0.4, 0.5) is 0 Å². The minimum atomic E-state index is -0.803. The fourth-order valence-electron chi connectivity index (χ4n) is 1.60. The Morgan fingerprint density at radius 1 is 1.25 bits per heavy atom. The number of nitrogens with one attached hydrogen (secondary N) is 1. The number of aromatic nitrogens is 1. The molecule has 0 saturated carbocycles. The molecule has 5 heteroatoms. The molecule has 0 saturated heterocycles. The minimum Gasteiger partial charge on any atom is -0.339 e. The van der Waals surface area contributed by atoms with Gasteiger partial charge in [0.15, 0.2) is 0 Å². The topological polar surface area (TPSA) is 60.5 Å². The average Bonchev–Trinajstić information content (AvgIpc) is 2.53. The molecule has 0 aliphatic heterocycles. The van der Waals surface area contributed by atoms with Gasteiger partial charge in [-0.15, -0.1) is 0 Å². The number of ether oxygens (including phenoxy) is 2. The van der Waals surface area contributed by atoms with E-state index >= 15 is 0 Å². The first-order valence-corrected chi connectivity index (χ1v) is 6.19. The van der Waals surface area contributed by atoms with Crippen molar-refractivity contribution in [3.8, 4) is 0 Å². The number of pyridine rings is 1. The molecule has 1 aromatic heterocycles. The number of amides is 1. The van der Waals surface area contributed by atoms with E-state index in [0.717, 1.165) is 5.56 Å². The van der Waals surface area contributed by atoms with Crippen LogP contribution in [0.2, 0.25) is 0 Å². The Morgan fingerprint density at radius 3 is 2.70 bits per heavy atom. The van der Waals surface area contributed by atoms with Crippen LogP contribution in [0, 0.1) is 0 Å². The largest absolute Gasteiger partial charge is 0.339 e. The highest BCUT2D eigenvalue weighted by atomic mass is 16.7. The van der Waals surface area contributed by atoms with Crippen molar-refractivity contribution in [3.63, 3.8) is 0 Å². The number of hydrogen-bond donors (Lipinski definition) is 1. The number of carbonyl (C=O) groups is 1. The molecule has 1 amide bonds. The van der Waals surface area contributed by atoms with Crippen LogP contribution in [0.25, 0.3) is 0 Å². The van der Waals surface area contributed by atoms with E-state index in [2.05, 4.69) is 10.3 Å². The predicted octanol–water partition coefficient (Wildman–Crippen LogP) is 1.96. The molecule has 1 aromatic carbocycles. The van der Waals surface area contributed by atoms with E-state index in [4.69, 9.17) is 9.47 Å². The van der Waals surface area contributed by atoms with Gasteiger partial charge in [-0.1, -0.05) is 30.3 Å². The standard InChI is InChI=1S/C15H16N2O3/c1-19-15(20-11-12-6-3-2-4-7-12)17-14(18)13-8-5-9-16-10-13/h2-10,15H,11H2,1H3,(H,17,18). The van der Waals surface area contributed by atoms with Crippen molar-refractivity contribution in [3.05, 3.63) is 66.0 Å². The molecule has 1 unspecified atom stereocenters. The van der Waals surface area contributed by atoms with E-state index in [1.165, 1.54) is 13.3 Å². The number of benzene rings is 1. The van der Waals surface area contributed by atoms with E-state index in [1.54, 1.807) is 18.3 Å². The van der Waals surface area contributed by atoms with Gasteiger partial charge in [-0.3, -0.25) is 9.78 Å². The van der Waals surface area contributed by atoms with Gasteiger partial charge in [0.25, 0.3) is 5.91 Å². The summed E-state index contributed by atoms with van der Waals surface area (Å²) >= 11 is 0. The molecular weight excluding hydrogens is 256 g/mol. The van der Waals surface area contributed by atoms with Gasteiger partial charge >= 0.3 is 0 Å². The SMILES string of the molecule is COC(NC(=O)c1cccnc1)OCc1ccccc1. The Kier molecular flexibility index (Phi) is 5.23. The highest BCUT2D eigenvalue weighted by Gasteiger charge is 2.13. The lowest BCUT2D eigenvalue weighted by Gasteiger charge is -2.17. The first kappa shape index (κ1) is 14.2. The molecule has 1 atom stereocenters. The van der Waals surface area contributed by atoms with Crippen LogP contribution in [-0.2, 0) is 16.1 Å². The van der Waals surface area contributed by atoms with Crippen LogP contribution in [0.5, 0.6) is 0 Å². The number of nitrogens with zero attached hydrogens (tertiary/aromatic N) is 1. The van der Waals surface area contributed by atoms with E-state index in [0.29, 0.717) is 12.2 Å². The average molecular weight is 272 g/mol. The summed E-state index contributed by atoms with van der Waals surface area (Å²) < 4.78 is 10.6. The van der Waals surface area contributed by atoms with Crippen LogP contribution in [0.15, 0.2) is 54.9 Å². The monoisotopic (exact) mass is 272 g/mol. The zero-order valence-corrected chi connectivity index (χ0v) is 11.2. The quantitative estimate of drug-likeness (QED) is 0.817. The van der Waals surface area contributed by atoms with Crippen molar-refractivity contribution in [1.82, 2.24) is 10.3 Å². The Balaban J connectivity index is 1.88. The Hall–Kier alpha value is -2.24. The summed E-state index contributed by atoms with van der Waals surface area (Å²) in [5.74, 6) is -0.294. The summed E-state index contributed by atoms with van der Waals surface area (Å²) in [7, 11) is 1.47. The molecule has 0 aliphatic rings. The lowest BCUT2D eigenvalue weighted by atomic mass is 10.2. The molecule has 1 heterocycles. The van der Waals surface area contributed by atoms with Gasteiger partial charge < -0.3 is 14.8 Å². The number of methoxy groups -OCH3 is 1. The molecule has 5 nitrogen and oxygen atoms in total. The lowest BCUT2D eigenvalue weighted by Crippen LogP contribution is -2.38. The zero-order chi connectivity index (χ0) is 14.2. The van der Waals surface area contributed by atoms with Crippen LogP contribution in [0.3, 0.4) is 0 Å². The normalized spacial score (nSPS) is 11.8. The number of rotatable bonds is 6. The van der Waals surface area contributed by atoms with E-state index in [9.17, 15) is 4.79 Å². The second-order valence-electron chi connectivity index (χ2n) is 4.08. The van der Waals surface area contributed by atoms with Crippen molar-refractivity contribution >= 4 is 5.91 Å². The number of carbonyl (C=O) groups excluding carboxylic acids is 1. The van der Waals surface area contributed by atoms with Gasteiger partial charge in [-0.25, -0.2) is 0 Å². The van der Waals surface area contributed by atoms with Crippen LogP contribution < -0.4 is 5.32 Å². The lowest BCUT2D eigenvalue weighted by molar-refractivity contribution is -0.143. The van der Waals surface area contributed by atoms with Crippen molar-refractivity contribution in [2.45, 2.75) is 13.0 Å². The summed E-state index contributed by atoms with van der Waals surface area (Å²) in [4.78, 5) is 15.8. The molecule has 0 spiro atoms. The fraction of sp³-hybridized carbons (Fsp3) is 0.200. The summed E-state index contributed by atoms with van der Waals surface area (Å²) in [6, 6.07) is 13.0.